The lowest BCUT2D eigenvalue weighted by Crippen LogP contribution is -2.47. The summed E-state index contributed by atoms with van der Waals surface area (Å²) in [6.45, 7) is -0.124. The zero-order valence-corrected chi connectivity index (χ0v) is 10.6. The normalized spacial score (nSPS) is 19.8. The van der Waals surface area contributed by atoms with Crippen LogP contribution in [0.15, 0.2) is 30.3 Å². The second kappa shape index (κ2) is 6.33. The molecule has 1 aromatic carbocycles. The Balaban J connectivity index is 1.88. The van der Waals surface area contributed by atoms with Crippen molar-refractivity contribution >= 4 is 11.8 Å². The second-order valence-electron chi connectivity index (χ2n) is 4.74. The maximum absolute atomic E-state index is 11.9. The number of hydrogen-bond donors (Lipinski definition) is 3. The Kier molecular flexibility index (Phi) is 4.52. The van der Waals surface area contributed by atoms with Gasteiger partial charge in [-0.3, -0.25) is 9.59 Å². The van der Waals surface area contributed by atoms with Crippen molar-refractivity contribution in [1.82, 2.24) is 10.6 Å². The van der Waals surface area contributed by atoms with Crippen molar-refractivity contribution < 1.29 is 14.7 Å². The van der Waals surface area contributed by atoms with Crippen LogP contribution in [0, 0.1) is 0 Å². The van der Waals surface area contributed by atoms with E-state index in [0.29, 0.717) is 19.3 Å². The molecule has 0 saturated carbocycles. The van der Waals surface area contributed by atoms with Crippen molar-refractivity contribution in [2.75, 3.05) is 6.61 Å². The molecule has 0 unspecified atom stereocenters. The molecule has 1 fully saturated rings. The van der Waals surface area contributed by atoms with E-state index in [4.69, 9.17) is 0 Å². The van der Waals surface area contributed by atoms with E-state index in [0.717, 1.165) is 5.56 Å². The van der Waals surface area contributed by atoms with Gasteiger partial charge < -0.3 is 15.7 Å². The number of nitrogens with one attached hydrogen (secondary N) is 2. The molecule has 0 bridgehead atoms. The van der Waals surface area contributed by atoms with Crippen molar-refractivity contribution in [1.29, 1.82) is 0 Å². The monoisotopic (exact) mass is 262 g/mol. The quantitative estimate of drug-likeness (QED) is 0.698. The summed E-state index contributed by atoms with van der Waals surface area (Å²) in [6.07, 6.45) is 1.48. The predicted molar refractivity (Wildman–Crippen MR) is 70.3 cm³/mol. The van der Waals surface area contributed by atoms with Gasteiger partial charge in [0.1, 0.15) is 6.04 Å². The van der Waals surface area contributed by atoms with Gasteiger partial charge in [0, 0.05) is 6.42 Å². The zero-order chi connectivity index (χ0) is 13.7. The lowest BCUT2D eigenvalue weighted by atomic mass is 10.1. The Labute approximate surface area is 112 Å². The molecule has 1 aliphatic rings. The largest absolute Gasteiger partial charge is 0.394 e. The molecule has 3 N–H and O–H groups in total. The minimum Gasteiger partial charge on any atom is -0.394 e. The standard InChI is InChI=1S/C14H18N2O3/c17-9-11(8-10-4-2-1-3-5-10)15-14(19)12-6-7-13(18)16-12/h1-5,11-12,17H,6-9H2,(H,15,19)(H,16,18)/t11-,12+/m1/s1. The van der Waals surface area contributed by atoms with Crippen LogP contribution in [0.25, 0.3) is 0 Å². The Morgan fingerprint density at radius 2 is 2.16 bits per heavy atom. The summed E-state index contributed by atoms with van der Waals surface area (Å²) in [6, 6.07) is 8.87. The van der Waals surface area contributed by atoms with Crippen molar-refractivity contribution in [3.05, 3.63) is 35.9 Å². The minimum atomic E-state index is -0.461. The van der Waals surface area contributed by atoms with E-state index in [9.17, 15) is 14.7 Å². The summed E-state index contributed by atoms with van der Waals surface area (Å²) in [7, 11) is 0. The van der Waals surface area contributed by atoms with Gasteiger partial charge in [-0.2, -0.15) is 0 Å². The molecule has 0 aliphatic carbocycles. The van der Waals surface area contributed by atoms with Crippen LogP contribution in [-0.4, -0.2) is 35.6 Å². The van der Waals surface area contributed by atoms with Gasteiger partial charge in [-0.1, -0.05) is 30.3 Å². The molecule has 0 aromatic heterocycles. The molecule has 1 saturated heterocycles. The van der Waals surface area contributed by atoms with E-state index in [-0.39, 0.29) is 24.5 Å². The summed E-state index contributed by atoms with van der Waals surface area (Å²) in [5, 5.41) is 14.7. The Hall–Kier alpha value is -1.88. The highest BCUT2D eigenvalue weighted by Crippen LogP contribution is 2.08. The fraction of sp³-hybridized carbons (Fsp3) is 0.429. The first kappa shape index (κ1) is 13.5. The van der Waals surface area contributed by atoms with Gasteiger partial charge in [0.05, 0.1) is 12.6 Å². The molecule has 1 aromatic rings. The average Bonchev–Trinajstić information content (AvgIpc) is 2.86. The third kappa shape index (κ3) is 3.79. The molecule has 1 aliphatic heterocycles. The van der Waals surface area contributed by atoms with Crippen LogP contribution in [-0.2, 0) is 16.0 Å². The van der Waals surface area contributed by atoms with Gasteiger partial charge in [0.15, 0.2) is 0 Å². The molecule has 2 atom stereocenters. The molecule has 2 rings (SSSR count). The molecule has 0 spiro atoms. The Morgan fingerprint density at radius 1 is 1.42 bits per heavy atom. The number of carbonyl (C=O) groups excluding carboxylic acids is 2. The van der Waals surface area contributed by atoms with Crippen molar-refractivity contribution in [2.45, 2.75) is 31.3 Å². The maximum Gasteiger partial charge on any atom is 0.242 e. The van der Waals surface area contributed by atoms with Crippen LogP contribution in [0.2, 0.25) is 0 Å². The molecule has 1 heterocycles. The van der Waals surface area contributed by atoms with Gasteiger partial charge in [0.2, 0.25) is 11.8 Å². The Bertz CT molecular complexity index is 447. The molecule has 0 radical (unpaired) electrons. The van der Waals surface area contributed by atoms with Gasteiger partial charge in [-0.05, 0) is 18.4 Å². The summed E-state index contributed by atoms with van der Waals surface area (Å²) in [5.74, 6) is -0.315. The summed E-state index contributed by atoms with van der Waals surface area (Å²) in [5.41, 5.74) is 1.05. The minimum absolute atomic E-state index is 0.0937. The average molecular weight is 262 g/mol. The van der Waals surface area contributed by atoms with E-state index in [2.05, 4.69) is 10.6 Å². The lowest BCUT2D eigenvalue weighted by Gasteiger charge is -2.19. The first-order chi connectivity index (χ1) is 9.19. The van der Waals surface area contributed by atoms with E-state index in [1.54, 1.807) is 0 Å². The van der Waals surface area contributed by atoms with E-state index in [1.807, 2.05) is 30.3 Å². The van der Waals surface area contributed by atoms with Crippen molar-refractivity contribution in [3.63, 3.8) is 0 Å². The summed E-state index contributed by atoms with van der Waals surface area (Å²) in [4.78, 5) is 23.0. The molecule has 19 heavy (non-hydrogen) atoms. The molecule has 5 nitrogen and oxygen atoms in total. The van der Waals surface area contributed by atoms with Crippen LogP contribution in [0.1, 0.15) is 18.4 Å². The second-order valence-corrected chi connectivity index (χ2v) is 4.74. The number of benzene rings is 1. The number of carbonyl (C=O) groups is 2. The molecular weight excluding hydrogens is 244 g/mol. The van der Waals surface area contributed by atoms with E-state index < -0.39 is 6.04 Å². The van der Waals surface area contributed by atoms with Crippen molar-refractivity contribution in [2.24, 2.45) is 0 Å². The number of hydrogen-bond acceptors (Lipinski definition) is 3. The molecule has 102 valence electrons. The van der Waals surface area contributed by atoms with Gasteiger partial charge in [-0.25, -0.2) is 0 Å². The SMILES string of the molecule is O=C1CC[C@@H](C(=O)N[C@@H](CO)Cc2ccccc2)N1. The smallest absolute Gasteiger partial charge is 0.242 e. The molecule has 2 amide bonds. The number of aliphatic hydroxyl groups is 1. The van der Waals surface area contributed by atoms with Gasteiger partial charge in [-0.15, -0.1) is 0 Å². The highest BCUT2D eigenvalue weighted by atomic mass is 16.3. The summed E-state index contributed by atoms with van der Waals surface area (Å²) < 4.78 is 0. The van der Waals surface area contributed by atoms with E-state index >= 15 is 0 Å². The highest BCUT2D eigenvalue weighted by molar-refractivity contribution is 5.90. The first-order valence-corrected chi connectivity index (χ1v) is 6.43. The van der Waals surface area contributed by atoms with Crippen LogP contribution < -0.4 is 10.6 Å². The number of rotatable bonds is 5. The first-order valence-electron chi connectivity index (χ1n) is 6.43. The maximum atomic E-state index is 11.9. The van der Waals surface area contributed by atoms with Gasteiger partial charge >= 0.3 is 0 Å². The Morgan fingerprint density at radius 3 is 2.74 bits per heavy atom. The van der Waals surface area contributed by atoms with Crippen molar-refractivity contribution in [3.8, 4) is 0 Å². The number of aliphatic hydroxyl groups excluding tert-OH is 1. The van der Waals surface area contributed by atoms with Crippen LogP contribution in [0.5, 0.6) is 0 Å². The zero-order valence-electron chi connectivity index (χ0n) is 10.6. The fourth-order valence-electron chi connectivity index (χ4n) is 2.17. The predicted octanol–water partition coefficient (Wildman–Crippen LogP) is -0.0152. The molecule has 5 heteroatoms. The third-order valence-electron chi connectivity index (χ3n) is 3.20. The summed E-state index contributed by atoms with van der Waals surface area (Å²) >= 11 is 0. The fourth-order valence-corrected chi connectivity index (χ4v) is 2.17. The topological polar surface area (TPSA) is 78.4 Å². The highest BCUT2D eigenvalue weighted by Gasteiger charge is 2.28. The van der Waals surface area contributed by atoms with Crippen LogP contribution >= 0.6 is 0 Å². The van der Waals surface area contributed by atoms with Crippen LogP contribution in [0.3, 0.4) is 0 Å². The number of amides is 2. The van der Waals surface area contributed by atoms with Crippen LogP contribution in [0.4, 0.5) is 0 Å². The lowest BCUT2D eigenvalue weighted by molar-refractivity contribution is -0.126. The molecular formula is C14H18N2O3. The van der Waals surface area contributed by atoms with E-state index in [1.165, 1.54) is 0 Å². The van der Waals surface area contributed by atoms with Gasteiger partial charge in [0.25, 0.3) is 0 Å². The third-order valence-corrected chi connectivity index (χ3v) is 3.20.